The minimum absolute atomic E-state index is 0.564. The van der Waals surface area contributed by atoms with E-state index in [4.69, 9.17) is 0 Å². The summed E-state index contributed by atoms with van der Waals surface area (Å²) in [6.07, 6.45) is 1.73. The molecule has 3 aromatic rings. The van der Waals surface area contributed by atoms with E-state index in [0.717, 1.165) is 21.7 Å². The number of hydrogen-bond donors (Lipinski definition) is 1. The van der Waals surface area contributed by atoms with Gasteiger partial charge in [-0.1, -0.05) is 35.5 Å². The Morgan fingerprint density at radius 1 is 0.882 bits per heavy atom. The second kappa shape index (κ2) is 3.87. The molecule has 17 heavy (non-hydrogen) atoms. The van der Waals surface area contributed by atoms with Gasteiger partial charge in [-0.2, -0.15) is 0 Å². The fourth-order valence-corrected chi connectivity index (χ4v) is 2.03. The van der Waals surface area contributed by atoms with Gasteiger partial charge in [0.2, 0.25) is 0 Å². The van der Waals surface area contributed by atoms with E-state index in [1.54, 1.807) is 6.20 Å². The van der Waals surface area contributed by atoms with Crippen molar-refractivity contribution in [3.8, 4) is 0 Å². The Balaban J connectivity index is 2.71. The van der Waals surface area contributed by atoms with Crippen LogP contribution in [0, 0.1) is 0 Å². The summed E-state index contributed by atoms with van der Waals surface area (Å²) in [7, 11) is 0. The van der Waals surface area contributed by atoms with Crippen LogP contribution in [0.25, 0.3) is 21.7 Å². The molecule has 0 aliphatic rings. The maximum Gasteiger partial charge on any atom is 0.119 e. The van der Waals surface area contributed by atoms with Crippen molar-refractivity contribution in [3.63, 3.8) is 0 Å². The summed E-state index contributed by atoms with van der Waals surface area (Å²) < 4.78 is 0. The lowest BCUT2D eigenvalue weighted by Crippen LogP contribution is -2.01. The first-order valence-corrected chi connectivity index (χ1v) is 5.35. The molecule has 0 saturated heterocycles. The minimum atomic E-state index is 0.564. The number of pyridine rings is 1. The Bertz CT molecular complexity index is 704. The minimum Gasteiger partial charge on any atom is -0.410 e. The van der Waals surface area contributed by atoms with Crippen molar-refractivity contribution in [1.82, 2.24) is 4.98 Å². The van der Waals surface area contributed by atoms with Crippen LogP contribution in [0.3, 0.4) is 0 Å². The zero-order chi connectivity index (χ0) is 11.7. The molecular weight excluding hydrogens is 212 g/mol. The number of fused-ring (bicyclic) bond motifs is 2. The van der Waals surface area contributed by atoms with Gasteiger partial charge in [0.25, 0.3) is 0 Å². The molecule has 2 aromatic carbocycles. The van der Waals surface area contributed by atoms with E-state index >= 15 is 0 Å². The Labute approximate surface area is 97.7 Å². The summed E-state index contributed by atoms with van der Waals surface area (Å²) in [5.74, 6) is 0. The van der Waals surface area contributed by atoms with Gasteiger partial charge >= 0.3 is 0 Å². The van der Waals surface area contributed by atoms with Crippen molar-refractivity contribution >= 4 is 21.7 Å². The number of nitrogens with zero attached hydrogens (tertiary/aromatic N) is 2. The average Bonchev–Trinajstić information content (AvgIpc) is 2.55. The summed E-state index contributed by atoms with van der Waals surface area (Å²) in [6, 6.07) is 15.5. The van der Waals surface area contributed by atoms with E-state index < -0.39 is 0 Å². The van der Waals surface area contributed by atoms with Crippen LogP contribution in [0.15, 0.2) is 59.9 Å². The highest BCUT2D eigenvalue weighted by Crippen LogP contribution is 2.13. The first kappa shape index (κ1) is 9.78. The zero-order valence-electron chi connectivity index (χ0n) is 9.04. The van der Waals surface area contributed by atoms with Crippen LogP contribution in [-0.4, -0.2) is 10.2 Å². The molecule has 0 amide bonds. The van der Waals surface area contributed by atoms with E-state index in [0.29, 0.717) is 5.36 Å². The van der Waals surface area contributed by atoms with Crippen LogP contribution in [0.1, 0.15) is 0 Å². The molecule has 0 fully saturated rings. The van der Waals surface area contributed by atoms with Gasteiger partial charge in [-0.25, -0.2) is 0 Å². The van der Waals surface area contributed by atoms with E-state index in [2.05, 4.69) is 10.1 Å². The van der Waals surface area contributed by atoms with E-state index in [-0.39, 0.29) is 0 Å². The maximum absolute atomic E-state index is 9.24. The lowest BCUT2D eigenvalue weighted by molar-refractivity contribution is 0.304. The average molecular weight is 222 g/mol. The first-order chi connectivity index (χ1) is 8.40. The third kappa shape index (κ3) is 1.52. The molecule has 3 nitrogen and oxygen atoms in total. The summed E-state index contributed by atoms with van der Waals surface area (Å²) >= 11 is 0. The molecule has 1 N–H and O–H groups in total. The molecule has 82 valence electrons. The first-order valence-electron chi connectivity index (χ1n) is 5.35. The molecule has 1 heterocycles. The number of rotatable bonds is 0. The fourth-order valence-electron chi connectivity index (χ4n) is 2.03. The lowest BCUT2D eigenvalue weighted by atomic mass is 10.1. The van der Waals surface area contributed by atoms with Crippen molar-refractivity contribution in [2.75, 3.05) is 0 Å². The van der Waals surface area contributed by atoms with Crippen molar-refractivity contribution in [2.24, 2.45) is 5.16 Å². The highest BCUT2D eigenvalue weighted by Gasteiger charge is 2.00. The molecule has 0 atom stereocenters. The topological polar surface area (TPSA) is 45.5 Å². The predicted molar refractivity (Wildman–Crippen MR) is 66.6 cm³/mol. The summed E-state index contributed by atoms with van der Waals surface area (Å²) in [4.78, 5) is 4.28. The quantitative estimate of drug-likeness (QED) is 0.469. The van der Waals surface area contributed by atoms with Crippen molar-refractivity contribution in [2.45, 2.75) is 0 Å². The van der Waals surface area contributed by atoms with Crippen LogP contribution in [-0.2, 0) is 0 Å². The standard InChI is InChI=1S/C14H10N2O/c17-16-14-11-5-2-1-4-10(11)7-8-13-12(14)6-3-9-15-13/h1-9,17H/b16-14+. The maximum atomic E-state index is 9.24. The predicted octanol–water partition coefficient (Wildman–Crippen LogP) is 2.68. The molecule has 3 heteroatoms. The smallest absolute Gasteiger partial charge is 0.119 e. The van der Waals surface area contributed by atoms with E-state index in [1.807, 2.05) is 48.5 Å². The van der Waals surface area contributed by atoms with Gasteiger partial charge in [0.1, 0.15) is 5.36 Å². The fraction of sp³-hybridized carbons (Fsp3) is 0. The second-order valence-electron chi connectivity index (χ2n) is 3.81. The molecule has 0 saturated carbocycles. The van der Waals surface area contributed by atoms with Crippen molar-refractivity contribution < 1.29 is 5.21 Å². The highest BCUT2D eigenvalue weighted by molar-refractivity contribution is 5.91. The van der Waals surface area contributed by atoms with Crippen molar-refractivity contribution in [3.05, 3.63) is 60.1 Å². The van der Waals surface area contributed by atoms with Gasteiger partial charge in [-0.15, -0.1) is 0 Å². The van der Waals surface area contributed by atoms with Crippen LogP contribution in [0.5, 0.6) is 0 Å². The van der Waals surface area contributed by atoms with Gasteiger partial charge in [-0.05, 0) is 23.6 Å². The molecule has 0 spiro atoms. The number of aromatic nitrogens is 1. The van der Waals surface area contributed by atoms with Gasteiger partial charge in [0.05, 0.1) is 5.52 Å². The van der Waals surface area contributed by atoms with Gasteiger partial charge in [-0.3, -0.25) is 4.98 Å². The molecule has 0 bridgehead atoms. The van der Waals surface area contributed by atoms with Crippen LogP contribution in [0.4, 0.5) is 0 Å². The Kier molecular flexibility index (Phi) is 2.22. The molecule has 0 radical (unpaired) electrons. The largest absolute Gasteiger partial charge is 0.410 e. The third-order valence-corrected chi connectivity index (χ3v) is 2.83. The summed E-state index contributed by atoms with van der Waals surface area (Å²) in [6.45, 7) is 0. The van der Waals surface area contributed by atoms with Gasteiger partial charge < -0.3 is 5.21 Å². The monoisotopic (exact) mass is 222 g/mol. The number of hydrogen-bond acceptors (Lipinski definition) is 3. The van der Waals surface area contributed by atoms with Gasteiger partial charge in [0, 0.05) is 17.0 Å². The second-order valence-corrected chi connectivity index (χ2v) is 3.81. The Hall–Kier alpha value is -2.42. The zero-order valence-corrected chi connectivity index (χ0v) is 9.04. The van der Waals surface area contributed by atoms with Crippen molar-refractivity contribution in [1.29, 1.82) is 0 Å². The highest BCUT2D eigenvalue weighted by atomic mass is 16.4. The Morgan fingerprint density at radius 2 is 1.71 bits per heavy atom. The molecule has 0 aliphatic heterocycles. The SMILES string of the molecule is O/N=c1\c2ccccc2ccc2ncccc12. The van der Waals surface area contributed by atoms with Gasteiger partial charge in [0.15, 0.2) is 0 Å². The Morgan fingerprint density at radius 3 is 2.59 bits per heavy atom. The van der Waals surface area contributed by atoms with E-state index in [1.165, 1.54) is 0 Å². The van der Waals surface area contributed by atoms with Crippen LogP contribution < -0.4 is 5.36 Å². The van der Waals surface area contributed by atoms with Crippen LogP contribution in [0.2, 0.25) is 0 Å². The summed E-state index contributed by atoms with van der Waals surface area (Å²) in [5.41, 5.74) is 0.816. The van der Waals surface area contributed by atoms with E-state index in [9.17, 15) is 5.21 Å². The normalized spacial score (nSPS) is 12.1. The molecular formula is C14H10N2O. The van der Waals surface area contributed by atoms with Crippen LogP contribution >= 0.6 is 0 Å². The molecule has 3 rings (SSSR count). The number of benzene rings is 1. The summed E-state index contributed by atoms with van der Waals surface area (Å²) in [5, 5.41) is 16.0. The lowest BCUT2D eigenvalue weighted by Gasteiger charge is -1.92. The molecule has 1 aromatic heterocycles. The third-order valence-electron chi connectivity index (χ3n) is 2.83. The molecule has 0 unspecified atom stereocenters. The molecule has 0 aliphatic carbocycles.